The lowest BCUT2D eigenvalue weighted by Crippen LogP contribution is -2.41. The molecule has 7 nitrogen and oxygen atoms in total. The standard InChI is InChI=1S/C23H25N3O4/c1-16-3-2-4-17(13-16)15-26-22(28)19-6-5-18(14-20(19)23(26)29)21(27)24-7-8-25-9-11-30-12-10-25/h2-6,13-14H,7-12,15H2,1H3,(H,24,27). The third-order valence-electron chi connectivity index (χ3n) is 5.47. The molecule has 2 aliphatic heterocycles. The Morgan fingerprint density at radius 1 is 1.03 bits per heavy atom. The van der Waals surface area contributed by atoms with E-state index in [2.05, 4.69) is 10.2 Å². The van der Waals surface area contributed by atoms with Gasteiger partial charge in [-0.2, -0.15) is 0 Å². The van der Waals surface area contributed by atoms with Crippen molar-refractivity contribution in [3.8, 4) is 0 Å². The molecule has 2 heterocycles. The first-order valence-electron chi connectivity index (χ1n) is 10.2. The SMILES string of the molecule is Cc1cccc(CN2C(=O)c3ccc(C(=O)NCCN4CCOCC4)cc3C2=O)c1. The number of amides is 3. The van der Waals surface area contributed by atoms with Crippen molar-refractivity contribution in [3.05, 3.63) is 70.3 Å². The average Bonchev–Trinajstić information content (AvgIpc) is 2.99. The maximum atomic E-state index is 12.8. The summed E-state index contributed by atoms with van der Waals surface area (Å²) in [4.78, 5) is 41.6. The van der Waals surface area contributed by atoms with Crippen LogP contribution >= 0.6 is 0 Å². The minimum absolute atomic E-state index is 0.217. The van der Waals surface area contributed by atoms with Crippen molar-refractivity contribution >= 4 is 17.7 Å². The Balaban J connectivity index is 1.41. The van der Waals surface area contributed by atoms with E-state index in [1.54, 1.807) is 12.1 Å². The fourth-order valence-corrected chi connectivity index (χ4v) is 3.82. The minimum Gasteiger partial charge on any atom is -0.379 e. The summed E-state index contributed by atoms with van der Waals surface area (Å²) in [6, 6.07) is 12.4. The molecule has 30 heavy (non-hydrogen) atoms. The van der Waals surface area contributed by atoms with Gasteiger partial charge < -0.3 is 10.1 Å². The van der Waals surface area contributed by atoms with Gasteiger partial charge in [0.05, 0.1) is 30.9 Å². The van der Waals surface area contributed by atoms with Crippen molar-refractivity contribution in [3.63, 3.8) is 0 Å². The van der Waals surface area contributed by atoms with Crippen LogP contribution in [-0.4, -0.2) is 66.9 Å². The summed E-state index contributed by atoms with van der Waals surface area (Å²) in [5.41, 5.74) is 2.98. The zero-order valence-electron chi connectivity index (χ0n) is 17.0. The molecule has 0 atom stereocenters. The number of ether oxygens (including phenoxy) is 1. The second-order valence-electron chi connectivity index (χ2n) is 7.66. The number of fused-ring (bicyclic) bond motifs is 1. The number of benzene rings is 2. The Hall–Kier alpha value is -3.03. The van der Waals surface area contributed by atoms with Gasteiger partial charge in [-0.05, 0) is 30.7 Å². The van der Waals surface area contributed by atoms with Crippen LogP contribution in [0.1, 0.15) is 42.2 Å². The van der Waals surface area contributed by atoms with E-state index in [0.29, 0.717) is 30.9 Å². The number of carbonyl (C=O) groups is 3. The molecular formula is C23H25N3O4. The van der Waals surface area contributed by atoms with E-state index in [4.69, 9.17) is 4.74 Å². The Labute approximate surface area is 175 Å². The summed E-state index contributed by atoms with van der Waals surface area (Å²) in [6.07, 6.45) is 0. The largest absolute Gasteiger partial charge is 0.379 e. The van der Waals surface area contributed by atoms with Crippen LogP contribution in [0.15, 0.2) is 42.5 Å². The first-order chi connectivity index (χ1) is 14.5. The quantitative estimate of drug-likeness (QED) is 0.740. The summed E-state index contributed by atoms with van der Waals surface area (Å²) < 4.78 is 5.32. The summed E-state index contributed by atoms with van der Waals surface area (Å²) in [7, 11) is 0. The minimum atomic E-state index is -0.362. The van der Waals surface area contributed by atoms with Crippen molar-refractivity contribution < 1.29 is 19.1 Å². The highest BCUT2D eigenvalue weighted by Gasteiger charge is 2.36. The van der Waals surface area contributed by atoms with Gasteiger partial charge in [0.15, 0.2) is 0 Å². The number of carbonyl (C=O) groups excluding carboxylic acids is 3. The molecule has 0 aromatic heterocycles. The highest BCUT2D eigenvalue weighted by Crippen LogP contribution is 2.26. The molecule has 1 fully saturated rings. The van der Waals surface area contributed by atoms with E-state index in [1.165, 1.54) is 11.0 Å². The highest BCUT2D eigenvalue weighted by molar-refractivity contribution is 6.22. The second-order valence-corrected chi connectivity index (χ2v) is 7.66. The number of rotatable bonds is 6. The van der Waals surface area contributed by atoms with E-state index in [-0.39, 0.29) is 29.8 Å². The van der Waals surface area contributed by atoms with Gasteiger partial charge in [-0.15, -0.1) is 0 Å². The third-order valence-corrected chi connectivity index (χ3v) is 5.47. The van der Waals surface area contributed by atoms with E-state index in [0.717, 1.165) is 30.8 Å². The topological polar surface area (TPSA) is 79.0 Å². The number of hydrogen-bond acceptors (Lipinski definition) is 5. The Morgan fingerprint density at radius 2 is 1.80 bits per heavy atom. The maximum absolute atomic E-state index is 12.8. The van der Waals surface area contributed by atoms with Gasteiger partial charge >= 0.3 is 0 Å². The van der Waals surface area contributed by atoms with Gasteiger partial charge in [-0.1, -0.05) is 29.8 Å². The molecule has 1 N–H and O–H groups in total. The molecule has 2 aromatic carbocycles. The first kappa shape index (κ1) is 20.3. The number of nitrogens with zero attached hydrogens (tertiary/aromatic N) is 2. The maximum Gasteiger partial charge on any atom is 0.261 e. The lowest BCUT2D eigenvalue weighted by atomic mass is 10.1. The van der Waals surface area contributed by atoms with Crippen LogP contribution in [0.25, 0.3) is 0 Å². The molecule has 0 saturated carbocycles. The van der Waals surface area contributed by atoms with Crippen molar-refractivity contribution in [1.82, 2.24) is 15.1 Å². The summed E-state index contributed by atoms with van der Waals surface area (Å²) >= 11 is 0. The zero-order valence-corrected chi connectivity index (χ0v) is 17.0. The van der Waals surface area contributed by atoms with Crippen LogP contribution in [-0.2, 0) is 11.3 Å². The Morgan fingerprint density at radius 3 is 2.57 bits per heavy atom. The van der Waals surface area contributed by atoms with Gasteiger partial charge in [-0.25, -0.2) is 0 Å². The number of hydrogen-bond donors (Lipinski definition) is 1. The van der Waals surface area contributed by atoms with Gasteiger partial charge in [-0.3, -0.25) is 24.2 Å². The Kier molecular flexibility index (Phi) is 5.92. The lowest BCUT2D eigenvalue weighted by Gasteiger charge is -2.26. The van der Waals surface area contributed by atoms with Crippen LogP contribution < -0.4 is 5.32 Å². The average molecular weight is 407 g/mol. The smallest absolute Gasteiger partial charge is 0.261 e. The van der Waals surface area contributed by atoms with Gasteiger partial charge in [0.2, 0.25) is 0 Å². The van der Waals surface area contributed by atoms with E-state index >= 15 is 0 Å². The molecule has 0 spiro atoms. The predicted octanol–water partition coefficient (Wildman–Crippen LogP) is 1.85. The van der Waals surface area contributed by atoms with Crippen molar-refractivity contribution in [2.45, 2.75) is 13.5 Å². The van der Waals surface area contributed by atoms with E-state index in [1.807, 2.05) is 31.2 Å². The molecule has 0 bridgehead atoms. The molecule has 0 radical (unpaired) electrons. The molecule has 0 aliphatic carbocycles. The molecule has 0 unspecified atom stereocenters. The van der Waals surface area contributed by atoms with Gasteiger partial charge in [0, 0.05) is 31.7 Å². The monoisotopic (exact) mass is 407 g/mol. The summed E-state index contributed by atoms with van der Waals surface area (Å²) in [5.74, 6) is -0.932. The number of nitrogens with one attached hydrogen (secondary N) is 1. The van der Waals surface area contributed by atoms with Crippen LogP contribution in [0.2, 0.25) is 0 Å². The molecule has 4 rings (SSSR count). The van der Waals surface area contributed by atoms with Crippen LogP contribution in [0, 0.1) is 6.92 Å². The second kappa shape index (κ2) is 8.77. The molecule has 1 saturated heterocycles. The first-order valence-corrected chi connectivity index (χ1v) is 10.2. The van der Waals surface area contributed by atoms with Gasteiger partial charge in [0.25, 0.3) is 17.7 Å². The van der Waals surface area contributed by atoms with Crippen molar-refractivity contribution in [2.24, 2.45) is 0 Å². The molecule has 7 heteroatoms. The number of morpholine rings is 1. The molecule has 3 amide bonds. The van der Waals surface area contributed by atoms with Crippen LogP contribution in [0.4, 0.5) is 0 Å². The van der Waals surface area contributed by atoms with Crippen LogP contribution in [0.3, 0.4) is 0 Å². The van der Waals surface area contributed by atoms with E-state index < -0.39 is 0 Å². The van der Waals surface area contributed by atoms with E-state index in [9.17, 15) is 14.4 Å². The lowest BCUT2D eigenvalue weighted by molar-refractivity contribution is 0.0383. The fourth-order valence-electron chi connectivity index (χ4n) is 3.82. The predicted molar refractivity (Wildman–Crippen MR) is 111 cm³/mol. The molecule has 2 aliphatic rings. The number of imide groups is 1. The molecule has 156 valence electrons. The normalized spacial score (nSPS) is 16.6. The number of aryl methyl sites for hydroxylation is 1. The van der Waals surface area contributed by atoms with Gasteiger partial charge in [0.1, 0.15) is 0 Å². The fraction of sp³-hybridized carbons (Fsp3) is 0.348. The summed E-state index contributed by atoms with van der Waals surface area (Å²) in [5, 5.41) is 2.89. The van der Waals surface area contributed by atoms with Crippen LogP contribution in [0.5, 0.6) is 0 Å². The third kappa shape index (κ3) is 4.27. The zero-order chi connectivity index (χ0) is 21.1. The Bertz CT molecular complexity index is 982. The molecule has 2 aromatic rings. The molecular weight excluding hydrogens is 382 g/mol. The van der Waals surface area contributed by atoms with Crippen molar-refractivity contribution in [2.75, 3.05) is 39.4 Å². The summed E-state index contributed by atoms with van der Waals surface area (Å²) in [6.45, 7) is 6.61. The highest BCUT2D eigenvalue weighted by atomic mass is 16.5. The van der Waals surface area contributed by atoms with Crippen molar-refractivity contribution in [1.29, 1.82) is 0 Å².